The Morgan fingerprint density at radius 1 is 1.24 bits per heavy atom. The Kier molecular flexibility index (Phi) is 8.65. The second-order valence-electron chi connectivity index (χ2n) is 9.80. The number of ether oxygens (including phenoxy) is 1. The van der Waals surface area contributed by atoms with E-state index in [1.165, 1.54) is 18.1 Å². The molecule has 0 spiro atoms. The van der Waals surface area contributed by atoms with Crippen LogP contribution in [0.1, 0.15) is 86.1 Å². The third-order valence-corrected chi connectivity index (χ3v) is 6.44. The van der Waals surface area contributed by atoms with Gasteiger partial charge in [0.05, 0.1) is 12.3 Å². The van der Waals surface area contributed by atoms with Crippen molar-refractivity contribution < 1.29 is 18.8 Å². The van der Waals surface area contributed by atoms with Crippen molar-refractivity contribution in [3.8, 4) is 0 Å². The Labute approximate surface area is 197 Å². The van der Waals surface area contributed by atoms with E-state index in [-0.39, 0.29) is 11.8 Å². The van der Waals surface area contributed by atoms with E-state index in [2.05, 4.69) is 32.0 Å². The number of nitrogens with zero attached hydrogens (tertiary/aromatic N) is 1. The molecular formula is C28H37NO4. The van der Waals surface area contributed by atoms with Gasteiger partial charge >= 0.3 is 5.97 Å². The van der Waals surface area contributed by atoms with Crippen molar-refractivity contribution >= 4 is 17.8 Å². The van der Waals surface area contributed by atoms with Crippen LogP contribution in [0.3, 0.4) is 0 Å². The first-order valence-corrected chi connectivity index (χ1v) is 12.2. The molecule has 5 nitrogen and oxygen atoms in total. The molecule has 1 saturated carbocycles. The highest BCUT2D eigenvalue weighted by atomic mass is 16.5. The molecule has 3 rings (SSSR count). The molecule has 5 heteroatoms. The molecule has 0 unspecified atom stereocenters. The average Bonchev–Trinajstić information content (AvgIpc) is 3.11. The van der Waals surface area contributed by atoms with Crippen molar-refractivity contribution in [1.29, 1.82) is 0 Å². The van der Waals surface area contributed by atoms with Gasteiger partial charge in [-0.05, 0) is 69.1 Å². The van der Waals surface area contributed by atoms with Crippen LogP contribution in [0.5, 0.6) is 0 Å². The molecule has 0 amide bonds. The van der Waals surface area contributed by atoms with Crippen molar-refractivity contribution in [1.82, 2.24) is 5.16 Å². The van der Waals surface area contributed by atoms with Crippen LogP contribution in [-0.4, -0.2) is 23.5 Å². The lowest BCUT2D eigenvalue weighted by molar-refractivity contribution is -0.137. The number of hydrogen-bond acceptors (Lipinski definition) is 5. The molecule has 0 bridgehead atoms. The highest BCUT2D eigenvalue weighted by Gasteiger charge is 2.35. The zero-order valence-corrected chi connectivity index (χ0v) is 20.6. The van der Waals surface area contributed by atoms with Gasteiger partial charge in [-0.1, -0.05) is 42.8 Å². The molecule has 0 atom stereocenters. The smallest absolute Gasteiger partial charge is 0.330 e. The number of rotatable bonds is 11. The number of aromatic nitrogens is 1. The Bertz CT molecular complexity index is 995. The van der Waals surface area contributed by atoms with Crippen LogP contribution in [0.15, 0.2) is 28.8 Å². The molecule has 1 aromatic heterocycles. The number of aryl methyl sites for hydroxylation is 3. The van der Waals surface area contributed by atoms with Crippen LogP contribution in [0.2, 0.25) is 0 Å². The minimum Gasteiger partial charge on any atom is -0.463 e. The van der Waals surface area contributed by atoms with Gasteiger partial charge < -0.3 is 9.26 Å². The summed E-state index contributed by atoms with van der Waals surface area (Å²) in [6.07, 6.45) is 7.88. The van der Waals surface area contributed by atoms with Crippen molar-refractivity contribution in [2.75, 3.05) is 6.61 Å². The number of ketones is 1. The van der Waals surface area contributed by atoms with Crippen LogP contribution in [0.25, 0.3) is 6.08 Å². The van der Waals surface area contributed by atoms with E-state index < -0.39 is 0 Å². The summed E-state index contributed by atoms with van der Waals surface area (Å²) < 4.78 is 10.8. The van der Waals surface area contributed by atoms with E-state index in [0.717, 1.165) is 41.0 Å². The first-order chi connectivity index (χ1) is 15.8. The van der Waals surface area contributed by atoms with E-state index in [4.69, 9.17) is 9.26 Å². The quantitative estimate of drug-likeness (QED) is 0.303. The first-order valence-electron chi connectivity index (χ1n) is 12.2. The van der Waals surface area contributed by atoms with Gasteiger partial charge in [0.1, 0.15) is 11.5 Å². The lowest BCUT2D eigenvalue weighted by Crippen LogP contribution is -2.23. The molecule has 0 aliphatic heterocycles. The molecular weight excluding hydrogens is 414 g/mol. The number of benzene rings is 1. The van der Waals surface area contributed by atoms with Crippen molar-refractivity contribution in [2.45, 2.75) is 79.1 Å². The van der Waals surface area contributed by atoms with E-state index in [9.17, 15) is 9.59 Å². The molecule has 0 radical (unpaired) electrons. The van der Waals surface area contributed by atoms with Gasteiger partial charge in [-0.3, -0.25) is 4.79 Å². The first kappa shape index (κ1) is 24.9. The van der Waals surface area contributed by atoms with Crippen LogP contribution in [0, 0.1) is 25.7 Å². The van der Waals surface area contributed by atoms with E-state index in [1.807, 2.05) is 19.1 Å². The molecule has 178 valence electrons. The number of hydrogen-bond donors (Lipinski definition) is 0. The van der Waals surface area contributed by atoms with Gasteiger partial charge in [-0.2, -0.15) is 0 Å². The number of carbonyl (C=O) groups excluding carboxylic acids is 2. The van der Waals surface area contributed by atoms with E-state index in [1.54, 1.807) is 13.0 Å². The van der Waals surface area contributed by atoms with Gasteiger partial charge in [-0.15, -0.1) is 0 Å². The maximum absolute atomic E-state index is 12.7. The summed E-state index contributed by atoms with van der Waals surface area (Å²) in [7, 11) is 0. The van der Waals surface area contributed by atoms with Gasteiger partial charge in [0, 0.05) is 36.8 Å². The molecule has 1 heterocycles. The molecule has 1 aliphatic carbocycles. The topological polar surface area (TPSA) is 69.4 Å². The summed E-state index contributed by atoms with van der Waals surface area (Å²) in [5.41, 5.74) is 5.00. The van der Waals surface area contributed by atoms with E-state index in [0.29, 0.717) is 43.6 Å². The van der Waals surface area contributed by atoms with Gasteiger partial charge in [0.15, 0.2) is 0 Å². The number of esters is 1. The highest BCUT2D eigenvalue weighted by Crippen LogP contribution is 2.46. The third kappa shape index (κ3) is 6.89. The predicted octanol–water partition coefficient (Wildman–Crippen LogP) is 6.15. The summed E-state index contributed by atoms with van der Waals surface area (Å²) in [6, 6.07) is 6.19. The fourth-order valence-corrected chi connectivity index (χ4v) is 4.75. The number of Topliss-reactive ketones (excluding diaryl/α,β-unsaturated/α-hetero) is 1. The van der Waals surface area contributed by atoms with Gasteiger partial charge in [0.2, 0.25) is 0 Å². The normalized spacial score (nSPS) is 18.0. The monoisotopic (exact) mass is 451 g/mol. The molecule has 1 aliphatic rings. The van der Waals surface area contributed by atoms with Crippen molar-refractivity contribution in [3.05, 3.63) is 58.0 Å². The summed E-state index contributed by atoms with van der Waals surface area (Å²) in [5.74, 6) is 2.35. The molecule has 1 fully saturated rings. The average molecular weight is 452 g/mol. The Morgan fingerprint density at radius 3 is 2.67 bits per heavy atom. The molecule has 2 aromatic rings. The fraction of sp³-hybridized carbons (Fsp3) is 0.536. The molecule has 0 saturated heterocycles. The predicted molar refractivity (Wildman–Crippen MR) is 130 cm³/mol. The van der Waals surface area contributed by atoms with Crippen LogP contribution >= 0.6 is 0 Å². The fourth-order valence-electron chi connectivity index (χ4n) is 4.75. The van der Waals surface area contributed by atoms with Gasteiger partial charge in [0.25, 0.3) is 0 Å². The Morgan fingerprint density at radius 2 is 2.00 bits per heavy atom. The Balaban J connectivity index is 1.69. The van der Waals surface area contributed by atoms with Crippen molar-refractivity contribution in [2.24, 2.45) is 11.8 Å². The zero-order valence-electron chi connectivity index (χ0n) is 20.6. The zero-order chi connectivity index (χ0) is 24.0. The standard InChI is InChI=1S/C28H37NO4/c1-6-32-27(31)12-10-25-26(29-33-28(25)23-15-21(16-23)13-18(2)3)11-9-24(30)17-22-8-7-19(4)14-20(22)5/h7-8,10,12,14,18,21,23H,6,9,11,13,15-17H2,1-5H3/b12-10+. The minimum absolute atomic E-state index is 0.174. The summed E-state index contributed by atoms with van der Waals surface area (Å²) in [4.78, 5) is 24.6. The lowest BCUT2D eigenvalue weighted by atomic mass is 9.69. The van der Waals surface area contributed by atoms with E-state index >= 15 is 0 Å². The Hall–Kier alpha value is -2.69. The van der Waals surface area contributed by atoms with Gasteiger partial charge in [-0.25, -0.2) is 4.79 Å². The molecule has 33 heavy (non-hydrogen) atoms. The van der Waals surface area contributed by atoms with Crippen LogP contribution in [0.4, 0.5) is 0 Å². The maximum Gasteiger partial charge on any atom is 0.330 e. The minimum atomic E-state index is -0.382. The van der Waals surface area contributed by atoms with Crippen LogP contribution < -0.4 is 0 Å². The summed E-state index contributed by atoms with van der Waals surface area (Å²) in [5, 5.41) is 4.31. The second-order valence-corrected chi connectivity index (χ2v) is 9.80. The second kappa shape index (κ2) is 11.4. The van der Waals surface area contributed by atoms with Crippen molar-refractivity contribution in [3.63, 3.8) is 0 Å². The third-order valence-electron chi connectivity index (χ3n) is 6.44. The molecule has 0 N–H and O–H groups in total. The summed E-state index contributed by atoms with van der Waals surface area (Å²) >= 11 is 0. The molecule has 1 aromatic carbocycles. The maximum atomic E-state index is 12.7. The number of carbonyl (C=O) groups is 2. The summed E-state index contributed by atoms with van der Waals surface area (Å²) in [6.45, 7) is 10.7. The SMILES string of the molecule is CCOC(=O)/C=C/c1c(CCC(=O)Cc2ccc(C)cc2C)noc1C1CC(CC(C)C)C1. The largest absolute Gasteiger partial charge is 0.463 e. The highest BCUT2D eigenvalue weighted by molar-refractivity contribution is 5.87. The lowest BCUT2D eigenvalue weighted by Gasteiger charge is -2.35. The van der Waals surface area contributed by atoms with Crippen LogP contribution in [-0.2, 0) is 27.2 Å².